The van der Waals surface area contributed by atoms with E-state index in [0.717, 1.165) is 25.9 Å². The first kappa shape index (κ1) is 11.0. The molecule has 1 N–H and O–H groups in total. The summed E-state index contributed by atoms with van der Waals surface area (Å²) in [6.07, 6.45) is 1.67. The number of aliphatic hydroxyl groups excluding tert-OH is 1. The third kappa shape index (κ3) is 2.38. The number of hydrogen-bond donors (Lipinski definition) is 1. The number of piperidine rings is 1. The summed E-state index contributed by atoms with van der Waals surface area (Å²) in [5.74, 6) is 0.430. The molecule has 4 nitrogen and oxygen atoms in total. The molecule has 0 aromatic rings. The molecule has 0 bridgehead atoms. The van der Waals surface area contributed by atoms with E-state index >= 15 is 0 Å². The van der Waals surface area contributed by atoms with E-state index in [9.17, 15) is 9.90 Å². The molecule has 2 fully saturated rings. The number of Topliss-reactive ketones (excluding diaryl/α,β-unsaturated/α-hetero) is 1. The maximum absolute atomic E-state index is 11.3. The minimum atomic E-state index is -0.379. The molecule has 2 rings (SSSR count). The summed E-state index contributed by atoms with van der Waals surface area (Å²) in [5, 5.41) is 9.71. The van der Waals surface area contributed by atoms with Gasteiger partial charge in [-0.3, -0.25) is 9.69 Å². The van der Waals surface area contributed by atoms with Crippen LogP contribution in [0.3, 0.4) is 0 Å². The smallest absolute Gasteiger partial charge is 0.134 e. The quantitative estimate of drug-likeness (QED) is 0.704. The van der Waals surface area contributed by atoms with E-state index in [2.05, 4.69) is 4.90 Å². The average Bonchev–Trinajstić information content (AvgIpc) is 2.64. The van der Waals surface area contributed by atoms with E-state index in [0.29, 0.717) is 13.2 Å². The number of carbonyl (C=O) groups excluding carboxylic acids is 1. The molecule has 86 valence electrons. The van der Waals surface area contributed by atoms with Gasteiger partial charge in [0.25, 0.3) is 0 Å². The molecule has 0 radical (unpaired) electrons. The van der Waals surface area contributed by atoms with E-state index in [1.165, 1.54) is 0 Å². The summed E-state index contributed by atoms with van der Waals surface area (Å²) >= 11 is 0. The molecule has 3 atom stereocenters. The zero-order chi connectivity index (χ0) is 10.8. The number of nitrogens with zero attached hydrogens (tertiary/aromatic N) is 1. The predicted molar refractivity (Wildman–Crippen MR) is 55.6 cm³/mol. The second-order valence-corrected chi connectivity index (χ2v) is 4.62. The number of hydrogen-bond acceptors (Lipinski definition) is 4. The van der Waals surface area contributed by atoms with Gasteiger partial charge in [0.05, 0.1) is 25.4 Å². The first-order chi connectivity index (χ1) is 7.18. The Labute approximate surface area is 90.2 Å². The number of rotatable bonds is 2. The maximum Gasteiger partial charge on any atom is 0.134 e. The average molecular weight is 213 g/mol. The molecule has 0 saturated carbocycles. The fraction of sp³-hybridized carbons (Fsp3) is 0.909. The molecule has 0 spiro atoms. The largest absolute Gasteiger partial charge is 0.389 e. The summed E-state index contributed by atoms with van der Waals surface area (Å²) in [5.41, 5.74) is 0. The van der Waals surface area contributed by atoms with Gasteiger partial charge in [-0.2, -0.15) is 0 Å². The molecule has 2 aliphatic heterocycles. The Kier molecular flexibility index (Phi) is 3.38. The van der Waals surface area contributed by atoms with Gasteiger partial charge < -0.3 is 9.84 Å². The van der Waals surface area contributed by atoms with E-state index in [4.69, 9.17) is 4.74 Å². The van der Waals surface area contributed by atoms with Gasteiger partial charge in [0, 0.05) is 12.5 Å². The van der Waals surface area contributed by atoms with Crippen LogP contribution in [-0.2, 0) is 9.53 Å². The van der Waals surface area contributed by atoms with Crippen molar-refractivity contribution >= 4 is 5.78 Å². The second kappa shape index (κ2) is 4.60. The summed E-state index contributed by atoms with van der Waals surface area (Å²) < 4.78 is 5.24. The third-order valence-electron chi connectivity index (χ3n) is 3.52. The molecule has 4 heteroatoms. The number of aliphatic hydroxyl groups is 1. The van der Waals surface area contributed by atoms with Crippen LogP contribution in [-0.4, -0.2) is 54.2 Å². The van der Waals surface area contributed by atoms with Gasteiger partial charge in [0.2, 0.25) is 0 Å². The van der Waals surface area contributed by atoms with Crippen molar-refractivity contribution in [1.29, 1.82) is 0 Å². The predicted octanol–water partition coefficient (Wildman–Crippen LogP) is 0.0471. The molecule has 0 aliphatic carbocycles. The molecule has 15 heavy (non-hydrogen) atoms. The topological polar surface area (TPSA) is 49.8 Å². The summed E-state index contributed by atoms with van der Waals surface area (Å²) in [7, 11) is 0. The van der Waals surface area contributed by atoms with Crippen LogP contribution in [0.2, 0.25) is 0 Å². The van der Waals surface area contributed by atoms with Crippen molar-refractivity contribution in [3.05, 3.63) is 0 Å². The van der Waals surface area contributed by atoms with Crippen LogP contribution >= 0.6 is 0 Å². The van der Waals surface area contributed by atoms with Crippen molar-refractivity contribution in [3.63, 3.8) is 0 Å². The Balaban J connectivity index is 1.94. The van der Waals surface area contributed by atoms with Crippen LogP contribution in [0.5, 0.6) is 0 Å². The van der Waals surface area contributed by atoms with Gasteiger partial charge in [-0.15, -0.1) is 0 Å². The van der Waals surface area contributed by atoms with E-state index in [-0.39, 0.29) is 23.8 Å². The summed E-state index contributed by atoms with van der Waals surface area (Å²) in [6, 6.07) is 0.104. The Morgan fingerprint density at radius 2 is 2.27 bits per heavy atom. The molecule has 2 heterocycles. The van der Waals surface area contributed by atoms with Gasteiger partial charge >= 0.3 is 0 Å². The highest BCUT2D eigenvalue weighted by molar-refractivity contribution is 5.78. The lowest BCUT2D eigenvalue weighted by Crippen LogP contribution is -2.49. The van der Waals surface area contributed by atoms with Crippen molar-refractivity contribution in [2.24, 2.45) is 5.92 Å². The first-order valence-electron chi connectivity index (χ1n) is 5.69. The minimum Gasteiger partial charge on any atom is -0.389 e. The first-order valence-corrected chi connectivity index (χ1v) is 5.69. The lowest BCUT2D eigenvalue weighted by Gasteiger charge is -2.36. The third-order valence-corrected chi connectivity index (χ3v) is 3.52. The molecule has 3 unspecified atom stereocenters. The van der Waals surface area contributed by atoms with Gasteiger partial charge in [-0.25, -0.2) is 0 Å². The van der Waals surface area contributed by atoms with Crippen LogP contribution in [0.15, 0.2) is 0 Å². The van der Waals surface area contributed by atoms with Gasteiger partial charge in [-0.1, -0.05) is 0 Å². The standard InChI is InChI=1S/C11H19NO3/c1-8(13)9-3-2-4-12(5-9)10-6-15-7-11(10)14/h9-11,14H,2-7H2,1H3. The highest BCUT2D eigenvalue weighted by Gasteiger charge is 2.35. The Morgan fingerprint density at radius 1 is 1.47 bits per heavy atom. The van der Waals surface area contributed by atoms with Crippen molar-refractivity contribution in [2.75, 3.05) is 26.3 Å². The van der Waals surface area contributed by atoms with E-state index in [1.54, 1.807) is 6.92 Å². The van der Waals surface area contributed by atoms with Crippen molar-refractivity contribution in [3.8, 4) is 0 Å². The molecule has 2 saturated heterocycles. The molecule has 0 aromatic carbocycles. The highest BCUT2D eigenvalue weighted by Crippen LogP contribution is 2.22. The number of ketones is 1. The van der Waals surface area contributed by atoms with Gasteiger partial charge in [0.15, 0.2) is 0 Å². The zero-order valence-electron chi connectivity index (χ0n) is 9.19. The molecule has 0 amide bonds. The fourth-order valence-corrected chi connectivity index (χ4v) is 2.52. The lowest BCUT2D eigenvalue weighted by atomic mass is 9.93. The molecule has 0 aromatic heterocycles. The second-order valence-electron chi connectivity index (χ2n) is 4.62. The SMILES string of the molecule is CC(=O)C1CCCN(C2COCC2O)C1. The number of ether oxygens (including phenoxy) is 1. The van der Waals surface area contributed by atoms with E-state index < -0.39 is 0 Å². The van der Waals surface area contributed by atoms with Crippen LogP contribution in [0, 0.1) is 5.92 Å². The molecule has 2 aliphatic rings. The normalized spacial score (nSPS) is 38.1. The van der Waals surface area contributed by atoms with Gasteiger partial charge in [0.1, 0.15) is 5.78 Å². The monoisotopic (exact) mass is 213 g/mol. The van der Waals surface area contributed by atoms with Crippen LogP contribution in [0.25, 0.3) is 0 Å². The molecular formula is C11H19NO3. The van der Waals surface area contributed by atoms with Crippen LogP contribution in [0.1, 0.15) is 19.8 Å². The summed E-state index contributed by atoms with van der Waals surface area (Å²) in [6.45, 7) is 4.47. The van der Waals surface area contributed by atoms with Crippen LogP contribution in [0.4, 0.5) is 0 Å². The van der Waals surface area contributed by atoms with E-state index in [1.807, 2.05) is 0 Å². The minimum absolute atomic E-state index is 0.104. The lowest BCUT2D eigenvalue weighted by molar-refractivity contribution is -0.123. The van der Waals surface area contributed by atoms with Gasteiger partial charge in [-0.05, 0) is 26.3 Å². The zero-order valence-corrected chi connectivity index (χ0v) is 9.19. The van der Waals surface area contributed by atoms with Crippen molar-refractivity contribution in [2.45, 2.75) is 31.9 Å². The maximum atomic E-state index is 11.3. The number of carbonyl (C=O) groups is 1. The Morgan fingerprint density at radius 3 is 2.87 bits per heavy atom. The number of likely N-dealkylation sites (tertiary alicyclic amines) is 1. The highest BCUT2D eigenvalue weighted by atomic mass is 16.5. The van der Waals surface area contributed by atoms with Crippen molar-refractivity contribution in [1.82, 2.24) is 4.90 Å². The molecular weight excluding hydrogens is 194 g/mol. The van der Waals surface area contributed by atoms with Crippen LogP contribution < -0.4 is 0 Å². The Bertz CT molecular complexity index is 244. The Hall–Kier alpha value is -0.450. The fourth-order valence-electron chi connectivity index (χ4n) is 2.52. The summed E-state index contributed by atoms with van der Waals surface area (Å²) in [4.78, 5) is 13.5. The van der Waals surface area contributed by atoms with Crippen molar-refractivity contribution < 1.29 is 14.6 Å².